The molecule has 2 rings (SSSR count). The molecule has 0 spiro atoms. The fraction of sp³-hybridized carbons (Fsp3) is 0.375. The second kappa shape index (κ2) is 5.90. The van der Waals surface area contributed by atoms with Crippen LogP contribution in [0.5, 0.6) is 0 Å². The average molecular weight is 271 g/mol. The van der Waals surface area contributed by atoms with Crippen molar-refractivity contribution >= 4 is 22.5 Å². The Morgan fingerprint density at radius 3 is 2.75 bits per heavy atom. The number of rotatable bonds is 4. The van der Waals surface area contributed by atoms with Crippen molar-refractivity contribution in [2.24, 2.45) is 18.1 Å². The van der Waals surface area contributed by atoms with Crippen molar-refractivity contribution in [1.82, 2.24) is 9.99 Å². The number of hydrazone groups is 1. The summed E-state index contributed by atoms with van der Waals surface area (Å²) >= 11 is 0. The Morgan fingerprint density at radius 1 is 1.35 bits per heavy atom. The fourth-order valence-electron chi connectivity index (χ4n) is 2.37. The molecule has 1 amide bonds. The van der Waals surface area contributed by atoms with Gasteiger partial charge in [-0.25, -0.2) is 5.43 Å². The number of nitrogens with one attached hydrogen (secondary N) is 1. The van der Waals surface area contributed by atoms with E-state index in [1.807, 2.05) is 49.0 Å². The maximum absolute atomic E-state index is 12.2. The summed E-state index contributed by atoms with van der Waals surface area (Å²) in [6.45, 7) is 6.19. The number of carbonyl (C=O) groups excluding carboxylic acids is 1. The first-order valence-corrected chi connectivity index (χ1v) is 6.86. The van der Waals surface area contributed by atoms with Gasteiger partial charge in [0.15, 0.2) is 0 Å². The third-order valence-electron chi connectivity index (χ3n) is 3.19. The van der Waals surface area contributed by atoms with Crippen LogP contribution in [0.4, 0.5) is 0 Å². The molecule has 0 radical (unpaired) electrons. The number of nitrogens with zero attached hydrogens (tertiary/aromatic N) is 2. The SMILES string of the molecule is C/C(CC(C)C)=N/NC(=O)c1cn(C)c2ccccc12. The summed E-state index contributed by atoms with van der Waals surface area (Å²) in [7, 11) is 1.94. The van der Waals surface area contributed by atoms with Crippen LogP contribution in [0.1, 0.15) is 37.6 Å². The van der Waals surface area contributed by atoms with Gasteiger partial charge in [-0.3, -0.25) is 4.79 Å². The Balaban J connectivity index is 2.20. The van der Waals surface area contributed by atoms with Gasteiger partial charge in [-0.1, -0.05) is 32.0 Å². The summed E-state index contributed by atoms with van der Waals surface area (Å²) in [6, 6.07) is 7.86. The van der Waals surface area contributed by atoms with Crippen molar-refractivity contribution in [2.45, 2.75) is 27.2 Å². The van der Waals surface area contributed by atoms with E-state index in [0.717, 1.165) is 23.0 Å². The summed E-state index contributed by atoms with van der Waals surface area (Å²) in [6.07, 6.45) is 2.73. The molecule has 1 aromatic carbocycles. The second-order valence-corrected chi connectivity index (χ2v) is 5.56. The van der Waals surface area contributed by atoms with Crippen molar-refractivity contribution in [3.8, 4) is 0 Å². The molecule has 20 heavy (non-hydrogen) atoms. The first-order chi connectivity index (χ1) is 9.49. The van der Waals surface area contributed by atoms with Crippen molar-refractivity contribution < 1.29 is 4.79 Å². The minimum atomic E-state index is -0.162. The summed E-state index contributed by atoms with van der Waals surface area (Å²) in [5.74, 6) is 0.373. The number of aryl methyl sites for hydroxylation is 1. The zero-order chi connectivity index (χ0) is 14.7. The summed E-state index contributed by atoms with van der Waals surface area (Å²) < 4.78 is 1.95. The third kappa shape index (κ3) is 3.07. The Bertz CT molecular complexity index is 653. The molecule has 0 bridgehead atoms. The van der Waals surface area contributed by atoms with E-state index in [-0.39, 0.29) is 5.91 Å². The lowest BCUT2D eigenvalue weighted by atomic mass is 10.1. The highest BCUT2D eigenvalue weighted by Gasteiger charge is 2.12. The molecule has 1 N–H and O–H groups in total. The highest BCUT2D eigenvalue weighted by molar-refractivity contribution is 6.07. The van der Waals surface area contributed by atoms with Crippen LogP contribution in [0.2, 0.25) is 0 Å². The van der Waals surface area contributed by atoms with Crippen molar-refractivity contribution in [3.05, 3.63) is 36.0 Å². The molecule has 0 saturated heterocycles. The Kier molecular flexibility index (Phi) is 4.23. The van der Waals surface area contributed by atoms with Gasteiger partial charge < -0.3 is 4.57 Å². The number of benzene rings is 1. The van der Waals surface area contributed by atoms with Crippen LogP contribution in [-0.2, 0) is 7.05 Å². The molecule has 2 aromatic rings. The topological polar surface area (TPSA) is 46.4 Å². The monoisotopic (exact) mass is 271 g/mol. The maximum atomic E-state index is 12.2. The average Bonchev–Trinajstić information content (AvgIpc) is 2.73. The summed E-state index contributed by atoms with van der Waals surface area (Å²) in [4.78, 5) is 12.2. The van der Waals surface area contributed by atoms with E-state index >= 15 is 0 Å². The zero-order valence-corrected chi connectivity index (χ0v) is 12.5. The highest BCUT2D eigenvalue weighted by atomic mass is 16.2. The van der Waals surface area contributed by atoms with Crippen LogP contribution in [0.25, 0.3) is 10.9 Å². The van der Waals surface area contributed by atoms with Crippen molar-refractivity contribution in [3.63, 3.8) is 0 Å². The lowest BCUT2D eigenvalue weighted by Crippen LogP contribution is -2.19. The lowest BCUT2D eigenvalue weighted by molar-refractivity contribution is 0.0956. The molecule has 1 heterocycles. The molecular weight excluding hydrogens is 250 g/mol. The van der Waals surface area contributed by atoms with E-state index < -0.39 is 0 Å². The molecule has 0 aliphatic heterocycles. The van der Waals surface area contributed by atoms with E-state index in [1.54, 1.807) is 0 Å². The van der Waals surface area contributed by atoms with Crippen molar-refractivity contribution in [1.29, 1.82) is 0 Å². The van der Waals surface area contributed by atoms with Crippen LogP contribution in [-0.4, -0.2) is 16.2 Å². The minimum absolute atomic E-state index is 0.162. The summed E-state index contributed by atoms with van der Waals surface area (Å²) in [5, 5.41) is 5.11. The molecular formula is C16H21N3O. The van der Waals surface area contributed by atoms with Gasteiger partial charge >= 0.3 is 0 Å². The summed E-state index contributed by atoms with van der Waals surface area (Å²) in [5.41, 5.74) is 5.28. The highest BCUT2D eigenvalue weighted by Crippen LogP contribution is 2.20. The Labute approximate surface area is 119 Å². The van der Waals surface area contributed by atoms with Crippen LogP contribution in [0, 0.1) is 5.92 Å². The normalized spacial score (nSPS) is 12.2. The van der Waals surface area contributed by atoms with Gasteiger partial charge in [0, 0.05) is 29.9 Å². The van der Waals surface area contributed by atoms with Gasteiger partial charge in [-0.2, -0.15) is 5.10 Å². The van der Waals surface area contributed by atoms with E-state index in [4.69, 9.17) is 0 Å². The predicted octanol–water partition coefficient (Wildman–Crippen LogP) is 3.33. The molecule has 4 heteroatoms. The van der Waals surface area contributed by atoms with Gasteiger partial charge in [-0.15, -0.1) is 0 Å². The number of aromatic nitrogens is 1. The van der Waals surface area contributed by atoms with Crippen LogP contribution >= 0.6 is 0 Å². The standard InChI is InChI=1S/C16H21N3O/c1-11(2)9-12(3)17-18-16(20)14-10-19(4)15-8-6-5-7-13(14)15/h5-8,10-11H,9H2,1-4H3,(H,18,20)/b17-12-. The molecule has 106 valence electrons. The smallest absolute Gasteiger partial charge is 0.273 e. The number of hydrogen-bond donors (Lipinski definition) is 1. The van der Waals surface area contributed by atoms with Crippen molar-refractivity contribution in [2.75, 3.05) is 0 Å². The quantitative estimate of drug-likeness (QED) is 0.673. The molecule has 1 aromatic heterocycles. The lowest BCUT2D eigenvalue weighted by Gasteiger charge is -2.04. The minimum Gasteiger partial charge on any atom is -0.350 e. The molecule has 0 atom stereocenters. The molecule has 0 aliphatic carbocycles. The van der Waals surface area contributed by atoms with E-state index in [9.17, 15) is 4.79 Å². The number of para-hydroxylation sites is 1. The van der Waals surface area contributed by atoms with E-state index in [2.05, 4.69) is 24.4 Å². The third-order valence-corrected chi connectivity index (χ3v) is 3.19. The van der Waals surface area contributed by atoms with Crippen LogP contribution in [0.3, 0.4) is 0 Å². The van der Waals surface area contributed by atoms with Crippen LogP contribution in [0.15, 0.2) is 35.6 Å². The van der Waals surface area contributed by atoms with E-state index in [0.29, 0.717) is 11.5 Å². The van der Waals surface area contributed by atoms with Gasteiger partial charge in [0.2, 0.25) is 0 Å². The molecule has 0 aliphatic rings. The second-order valence-electron chi connectivity index (χ2n) is 5.56. The number of amides is 1. The molecule has 0 fully saturated rings. The molecule has 0 saturated carbocycles. The number of fused-ring (bicyclic) bond motifs is 1. The fourth-order valence-corrected chi connectivity index (χ4v) is 2.37. The van der Waals surface area contributed by atoms with Gasteiger partial charge in [-0.05, 0) is 25.3 Å². The van der Waals surface area contributed by atoms with E-state index in [1.165, 1.54) is 0 Å². The Morgan fingerprint density at radius 2 is 2.05 bits per heavy atom. The van der Waals surface area contributed by atoms with Gasteiger partial charge in [0.1, 0.15) is 0 Å². The molecule has 4 nitrogen and oxygen atoms in total. The van der Waals surface area contributed by atoms with Gasteiger partial charge in [0.05, 0.1) is 5.56 Å². The maximum Gasteiger partial charge on any atom is 0.273 e. The first-order valence-electron chi connectivity index (χ1n) is 6.86. The largest absolute Gasteiger partial charge is 0.350 e. The van der Waals surface area contributed by atoms with Crippen LogP contribution < -0.4 is 5.43 Å². The number of hydrogen-bond acceptors (Lipinski definition) is 2. The van der Waals surface area contributed by atoms with Gasteiger partial charge in [0.25, 0.3) is 5.91 Å². The molecule has 0 unspecified atom stereocenters. The Hall–Kier alpha value is -2.10. The number of carbonyl (C=O) groups is 1. The predicted molar refractivity (Wildman–Crippen MR) is 82.9 cm³/mol. The first kappa shape index (κ1) is 14.3. The zero-order valence-electron chi connectivity index (χ0n) is 12.5.